The number of nitrogens with zero attached hydrogens (tertiary/aromatic N) is 2. The van der Waals surface area contributed by atoms with Crippen molar-refractivity contribution in [1.29, 1.82) is 0 Å². The average Bonchev–Trinajstić information content (AvgIpc) is 3.36. The zero-order valence-electron chi connectivity index (χ0n) is 16.9. The van der Waals surface area contributed by atoms with Gasteiger partial charge < -0.3 is 9.47 Å². The van der Waals surface area contributed by atoms with Crippen LogP contribution in [0, 0.1) is 5.82 Å². The number of Topliss-reactive ketones (excluding diaryl/α,β-unsaturated/α-hetero) is 1. The minimum Gasteiger partial charge on any atom is -0.494 e. The SMILES string of the molecule is COc1ccc(-c2nn(-c3ccccc3)cc2/C=C2\Oc3ccc(Cl)cc3C2=O)cc1F. The molecule has 3 aromatic carbocycles. The van der Waals surface area contributed by atoms with Gasteiger partial charge in [0.2, 0.25) is 5.78 Å². The quantitative estimate of drug-likeness (QED) is 0.363. The first-order valence-corrected chi connectivity index (χ1v) is 10.1. The van der Waals surface area contributed by atoms with E-state index in [2.05, 4.69) is 5.10 Å². The molecule has 0 amide bonds. The summed E-state index contributed by atoms with van der Waals surface area (Å²) in [7, 11) is 1.41. The maximum Gasteiger partial charge on any atom is 0.232 e. The van der Waals surface area contributed by atoms with Crippen molar-refractivity contribution in [2.75, 3.05) is 7.11 Å². The van der Waals surface area contributed by atoms with Gasteiger partial charge in [0.25, 0.3) is 0 Å². The van der Waals surface area contributed by atoms with Crippen LogP contribution in [0.2, 0.25) is 5.02 Å². The Hall–Kier alpha value is -3.90. The standard InChI is InChI=1S/C25H16ClFN2O3/c1-31-22-9-7-15(11-20(22)27)24-16(14-29(28-24)18-5-3-2-4-6-18)12-23-25(30)19-13-17(26)8-10-21(19)32-23/h2-14H,1H3/b23-12-. The molecule has 0 atom stereocenters. The molecule has 0 unspecified atom stereocenters. The molecular formula is C25H16ClFN2O3. The number of para-hydroxylation sites is 1. The van der Waals surface area contributed by atoms with Crippen molar-refractivity contribution in [1.82, 2.24) is 9.78 Å². The van der Waals surface area contributed by atoms with E-state index in [1.807, 2.05) is 30.3 Å². The van der Waals surface area contributed by atoms with E-state index >= 15 is 0 Å². The predicted molar refractivity (Wildman–Crippen MR) is 120 cm³/mol. The Morgan fingerprint density at radius 2 is 1.91 bits per heavy atom. The molecule has 0 saturated carbocycles. The second-order valence-electron chi connectivity index (χ2n) is 7.14. The number of hydrogen-bond acceptors (Lipinski definition) is 4. The Morgan fingerprint density at radius 3 is 2.66 bits per heavy atom. The number of methoxy groups -OCH3 is 1. The first-order chi connectivity index (χ1) is 15.5. The van der Waals surface area contributed by atoms with Crippen LogP contribution in [0.4, 0.5) is 4.39 Å². The molecule has 158 valence electrons. The zero-order valence-corrected chi connectivity index (χ0v) is 17.6. The molecule has 1 aromatic heterocycles. The Labute approximate surface area is 188 Å². The molecule has 0 spiro atoms. The number of carbonyl (C=O) groups is 1. The molecule has 7 heteroatoms. The summed E-state index contributed by atoms with van der Waals surface area (Å²) < 4.78 is 26.9. The van der Waals surface area contributed by atoms with Crippen LogP contribution in [0.3, 0.4) is 0 Å². The average molecular weight is 447 g/mol. The van der Waals surface area contributed by atoms with Crippen LogP contribution in [-0.2, 0) is 0 Å². The smallest absolute Gasteiger partial charge is 0.232 e. The largest absolute Gasteiger partial charge is 0.494 e. The molecule has 0 N–H and O–H groups in total. The zero-order chi connectivity index (χ0) is 22.2. The molecule has 5 nitrogen and oxygen atoms in total. The summed E-state index contributed by atoms with van der Waals surface area (Å²) in [5, 5.41) is 5.11. The van der Waals surface area contributed by atoms with Crippen molar-refractivity contribution in [3.05, 3.63) is 101 Å². The Kier molecular flexibility index (Phi) is 4.99. The van der Waals surface area contributed by atoms with Crippen LogP contribution >= 0.6 is 11.6 Å². The normalized spacial score (nSPS) is 13.8. The third-order valence-electron chi connectivity index (χ3n) is 5.11. The summed E-state index contributed by atoms with van der Waals surface area (Å²) in [4.78, 5) is 12.9. The molecule has 0 saturated heterocycles. The highest BCUT2D eigenvalue weighted by Crippen LogP contribution is 2.35. The van der Waals surface area contributed by atoms with Gasteiger partial charge in [-0.2, -0.15) is 5.10 Å². The second-order valence-corrected chi connectivity index (χ2v) is 7.58. The number of benzene rings is 3. The first-order valence-electron chi connectivity index (χ1n) is 9.76. The van der Waals surface area contributed by atoms with E-state index in [0.29, 0.717) is 33.2 Å². The van der Waals surface area contributed by atoms with E-state index in [0.717, 1.165) is 5.69 Å². The predicted octanol–water partition coefficient (Wildman–Crippen LogP) is 5.96. The lowest BCUT2D eigenvalue weighted by Gasteiger charge is -2.05. The molecule has 32 heavy (non-hydrogen) atoms. The van der Waals surface area contributed by atoms with Gasteiger partial charge in [-0.15, -0.1) is 0 Å². The number of ketones is 1. The van der Waals surface area contributed by atoms with Crippen LogP contribution in [-0.4, -0.2) is 22.7 Å². The van der Waals surface area contributed by atoms with Crippen LogP contribution in [0.1, 0.15) is 15.9 Å². The van der Waals surface area contributed by atoms with Gasteiger partial charge in [-0.25, -0.2) is 9.07 Å². The highest BCUT2D eigenvalue weighted by Gasteiger charge is 2.28. The van der Waals surface area contributed by atoms with E-state index in [4.69, 9.17) is 21.1 Å². The number of ether oxygens (including phenoxy) is 2. The molecule has 0 radical (unpaired) electrons. The lowest BCUT2D eigenvalue weighted by atomic mass is 10.1. The van der Waals surface area contributed by atoms with Crippen LogP contribution in [0.25, 0.3) is 23.0 Å². The number of allylic oxidation sites excluding steroid dienone is 1. The highest BCUT2D eigenvalue weighted by molar-refractivity contribution is 6.31. The van der Waals surface area contributed by atoms with Gasteiger partial charge in [-0.05, 0) is 54.6 Å². The van der Waals surface area contributed by atoms with Crippen LogP contribution in [0.15, 0.2) is 78.7 Å². The molecule has 4 aromatic rings. The Bertz CT molecular complexity index is 1380. The third-order valence-corrected chi connectivity index (χ3v) is 5.34. The van der Waals surface area contributed by atoms with Crippen molar-refractivity contribution in [3.63, 3.8) is 0 Å². The van der Waals surface area contributed by atoms with Gasteiger partial charge in [0.1, 0.15) is 11.4 Å². The number of halogens is 2. The fraction of sp³-hybridized carbons (Fsp3) is 0.0400. The molecule has 1 aliphatic rings. The van der Waals surface area contributed by atoms with Crippen molar-refractivity contribution < 1.29 is 18.7 Å². The van der Waals surface area contributed by atoms with E-state index < -0.39 is 5.82 Å². The molecule has 2 heterocycles. The maximum absolute atomic E-state index is 14.4. The molecular weight excluding hydrogens is 431 g/mol. The van der Waals surface area contributed by atoms with Crippen molar-refractivity contribution in [2.24, 2.45) is 0 Å². The fourth-order valence-corrected chi connectivity index (χ4v) is 3.72. The summed E-state index contributed by atoms with van der Waals surface area (Å²) in [6, 6.07) is 19.0. The summed E-state index contributed by atoms with van der Waals surface area (Å²) in [6.45, 7) is 0. The number of carbonyl (C=O) groups excluding carboxylic acids is 1. The van der Waals surface area contributed by atoms with Crippen LogP contribution in [0.5, 0.6) is 11.5 Å². The van der Waals surface area contributed by atoms with Gasteiger partial charge >= 0.3 is 0 Å². The molecule has 0 aliphatic carbocycles. The molecule has 0 fully saturated rings. The van der Waals surface area contributed by atoms with Crippen molar-refractivity contribution >= 4 is 23.5 Å². The van der Waals surface area contributed by atoms with E-state index in [-0.39, 0.29) is 17.3 Å². The minimum absolute atomic E-state index is 0.137. The summed E-state index contributed by atoms with van der Waals surface area (Å²) >= 11 is 6.03. The Balaban J connectivity index is 1.63. The number of rotatable bonds is 4. The Morgan fingerprint density at radius 1 is 1.09 bits per heavy atom. The number of hydrogen-bond donors (Lipinski definition) is 0. The summed E-state index contributed by atoms with van der Waals surface area (Å²) in [5.41, 5.74) is 2.85. The topological polar surface area (TPSA) is 53.4 Å². The van der Waals surface area contributed by atoms with Gasteiger partial charge in [-0.3, -0.25) is 4.79 Å². The molecule has 0 bridgehead atoms. The van der Waals surface area contributed by atoms with Crippen molar-refractivity contribution in [3.8, 4) is 28.4 Å². The lowest BCUT2D eigenvalue weighted by molar-refractivity contribution is 0.101. The van der Waals surface area contributed by atoms with Gasteiger partial charge in [-0.1, -0.05) is 29.8 Å². The summed E-state index contributed by atoms with van der Waals surface area (Å²) in [5.74, 6) is -0.0593. The maximum atomic E-state index is 14.4. The lowest BCUT2D eigenvalue weighted by Crippen LogP contribution is -1.98. The highest BCUT2D eigenvalue weighted by atomic mass is 35.5. The van der Waals surface area contributed by atoms with Gasteiger partial charge in [0.15, 0.2) is 17.3 Å². The monoisotopic (exact) mass is 446 g/mol. The number of aromatic nitrogens is 2. The minimum atomic E-state index is -0.506. The first kappa shape index (κ1) is 20.0. The third kappa shape index (κ3) is 3.55. The van der Waals surface area contributed by atoms with Gasteiger partial charge in [0.05, 0.1) is 18.4 Å². The van der Waals surface area contributed by atoms with E-state index in [9.17, 15) is 9.18 Å². The van der Waals surface area contributed by atoms with Crippen molar-refractivity contribution in [2.45, 2.75) is 0 Å². The van der Waals surface area contributed by atoms with Crippen LogP contribution < -0.4 is 9.47 Å². The van der Waals surface area contributed by atoms with E-state index in [1.54, 1.807) is 41.2 Å². The second kappa shape index (κ2) is 7.98. The number of fused-ring (bicyclic) bond motifs is 1. The molecule has 5 rings (SSSR count). The molecule has 1 aliphatic heterocycles. The fourth-order valence-electron chi connectivity index (χ4n) is 3.55. The van der Waals surface area contributed by atoms with E-state index in [1.165, 1.54) is 19.2 Å². The van der Waals surface area contributed by atoms with Gasteiger partial charge in [0, 0.05) is 22.3 Å². The summed E-state index contributed by atoms with van der Waals surface area (Å²) in [6.07, 6.45) is 3.38.